The zero-order valence-electron chi connectivity index (χ0n) is 13.0. The van der Waals surface area contributed by atoms with E-state index in [-0.39, 0.29) is 17.1 Å². The van der Waals surface area contributed by atoms with Crippen molar-refractivity contribution in [3.05, 3.63) is 16.6 Å². The fraction of sp³-hybridized carbons (Fsp3) is 0.571. The van der Waals surface area contributed by atoms with Crippen molar-refractivity contribution in [2.45, 2.75) is 31.0 Å². The first-order valence-electron chi connectivity index (χ1n) is 6.86. The van der Waals surface area contributed by atoms with Crippen molar-refractivity contribution >= 4 is 26.0 Å². The molecule has 1 fully saturated rings. The average molecular weight is 394 g/mol. The minimum atomic E-state index is -3.65. The van der Waals surface area contributed by atoms with Crippen LogP contribution in [0.5, 0.6) is 11.5 Å². The summed E-state index contributed by atoms with van der Waals surface area (Å²) in [6.45, 7) is 4.38. The van der Waals surface area contributed by atoms with E-state index in [1.54, 1.807) is 6.07 Å². The molecule has 22 heavy (non-hydrogen) atoms. The maximum atomic E-state index is 12.9. The number of hydrogen-bond acceptors (Lipinski definition) is 5. The molecule has 1 aromatic rings. The lowest BCUT2D eigenvalue weighted by Gasteiger charge is -2.34. The Morgan fingerprint density at radius 3 is 2.14 bits per heavy atom. The van der Waals surface area contributed by atoms with Crippen molar-refractivity contribution in [3.8, 4) is 11.5 Å². The topological polar surface area (TPSA) is 65.1 Å². The van der Waals surface area contributed by atoms with Gasteiger partial charge in [0.1, 0.15) is 4.90 Å². The summed E-state index contributed by atoms with van der Waals surface area (Å²) in [7, 11) is -0.668. The average Bonchev–Trinajstić information content (AvgIpc) is 2.45. The highest BCUT2D eigenvalue weighted by Gasteiger charge is 2.34. The Bertz CT molecular complexity index is 639. The van der Waals surface area contributed by atoms with Crippen LogP contribution >= 0.6 is 15.9 Å². The predicted octanol–water partition coefficient (Wildman–Crippen LogP) is 2.26. The standard InChI is InChI=1S/C14H20BrNO5S/c1-9-7-16(8-10(2)21-9)22(17,18)14-6-13(20-4)12(19-3)5-11(14)15/h5-6,9-10H,7-8H2,1-4H3/t9-,10-/m1/s1. The molecule has 6 nitrogen and oxygen atoms in total. The monoisotopic (exact) mass is 393 g/mol. The third-order valence-electron chi connectivity index (χ3n) is 3.44. The summed E-state index contributed by atoms with van der Waals surface area (Å²) in [6.07, 6.45) is -0.283. The molecule has 0 spiro atoms. The van der Waals surface area contributed by atoms with Gasteiger partial charge >= 0.3 is 0 Å². The zero-order chi connectivity index (χ0) is 16.5. The van der Waals surface area contributed by atoms with Crippen LogP contribution < -0.4 is 9.47 Å². The number of morpholine rings is 1. The maximum absolute atomic E-state index is 12.9. The molecule has 2 atom stereocenters. The molecule has 0 bridgehead atoms. The van der Waals surface area contributed by atoms with E-state index < -0.39 is 10.0 Å². The van der Waals surface area contributed by atoms with Gasteiger partial charge in [0, 0.05) is 23.6 Å². The van der Waals surface area contributed by atoms with Crippen LogP contribution in [-0.2, 0) is 14.8 Å². The zero-order valence-corrected chi connectivity index (χ0v) is 15.4. The Morgan fingerprint density at radius 1 is 1.14 bits per heavy atom. The molecule has 2 rings (SSSR count). The van der Waals surface area contributed by atoms with E-state index in [4.69, 9.17) is 14.2 Å². The second-order valence-electron chi connectivity index (χ2n) is 5.22. The molecule has 0 N–H and O–H groups in total. The van der Waals surface area contributed by atoms with Gasteiger partial charge in [-0.15, -0.1) is 0 Å². The van der Waals surface area contributed by atoms with Crippen molar-refractivity contribution in [3.63, 3.8) is 0 Å². The summed E-state index contributed by atoms with van der Waals surface area (Å²) in [6, 6.07) is 3.07. The highest BCUT2D eigenvalue weighted by atomic mass is 79.9. The third kappa shape index (κ3) is 3.40. The van der Waals surface area contributed by atoms with Gasteiger partial charge in [0.05, 0.1) is 26.4 Å². The molecule has 0 aliphatic carbocycles. The molecule has 0 amide bonds. The van der Waals surface area contributed by atoms with Gasteiger partial charge in [-0.1, -0.05) is 0 Å². The quantitative estimate of drug-likeness (QED) is 0.784. The van der Waals surface area contributed by atoms with Crippen molar-refractivity contribution in [1.29, 1.82) is 0 Å². The molecule has 1 heterocycles. The fourth-order valence-electron chi connectivity index (χ4n) is 2.50. The summed E-state index contributed by atoms with van der Waals surface area (Å²) < 4.78 is 43.7. The van der Waals surface area contributed by atoms with Gasteiger partial charge in [-0.05, 0) is 35.8 Å². The normalized spacial score (nSPS) is 23.3. The maximum Gasteiger partial charge on any atom is 0.244 e. The van der Waals surface area contributed by atoms with E-state index in [0.717, 1.165) is 0 Å². The van der Waals surface area contributed by atoms with Crippen LogP contribution in [0, 0.1) is 0 Å². The number of halogens is 1. The van der Waals surface area contributed by atoms with Crippen molar-refractivity contribution < 1.29 is 22.6 Å². The van der Waals surface area contributed by atoms with Gasteiger partial charge in [-0.3, -0.25) is 0 Å². The van der Waals surface area contributed by atoms with Gasteiger partial charge in [-0.2, -0.15) is 4.31 Å². The van der Waals surface area contributed by atoms with Crippen molar-refractivity contribution in [2.75, 3.05) is 27.3 Å². The van der Waals surface area contributed by atoms with Crippen LogP contribution in [0.1, 0.15) is 13.8 Å². The Balaban J connectivity index is 2.45. The second kappa shape index (κ2) is 6.74. The molecule has 0 saturated carbocycles. The number of nitrogens with zero attached hydrogens (tertiary/aromatic N) is 1. The molecule has 1 aromatic carbocycles. The number of rotatable bonds is 4. The molecule has 8 heteroatoms. The Labute approximate surface area is 139 Å². The highest BCUT2D eigenvalue weighted by molar-refractivity contribution is 9.10. The molecular formula is C14H20BrNO5S. The van der Waals surface area contributed by atoms with Gasteiger partial charge in [-0.25, -0.2) is 8.42 Å². The summed E-state index contributed by atoms with van der Waals surface area (Å²) in [5.41, 5.74) is 0. The molecule has 1 aliphatic heterocycles. The summed E-state index contributed by atoms with van der Waals surface area (Å²) in [5.74, 6) is 0.843. The van der Waals surface area contributed by atoms with E-state index >= 15 is 0 Å². The number of methoxy groups -OCH3 is 2. The predicted molar refractivity (Wildman–Crippen MR) is 86.0 cm³/mol. The van der Waals surface area contributed by atoms with Crippen molar-refractivity contribution in [1.82, 2.24) is 4.31 Å². The number of sulfonamides is 1. The van der Waals surface area contributed by atoms with Gasteiger partial charge in [0.25, 0.3) is 0 Å². The molecule has 124 valence electrons. The lowest BCUT2D eigenvalue weighted by atomic mass is 10.3. The number of hydrogen-bond donors (Lipinski definition) is 0. The second-order valence-corrected chi connectivity index (χ2v) is 7.98. The first-order valence-corrected chi connectivity index (χ1v) is 9.10. The third-order valence-corrected chi connectivity index (χ3v) is 6.23. The fourth-order valence-corrected chi connectivity index (χ4v) is 5.09. The summed E-state index contributed by atoms with van der Waals surface area (Å²) in [5, 5.41) is 0. The smallest absolute Gasteiger partial charge is 0.244 e. The van der Waals surface area contributed by atoms with Gasteiger partial charge in [0.15, 0.2) is 11.5 Å². The Kier molecular flexibility index (Phi) is 5.37. The van der Waals surface area contributed by atoms with Gasteiger partial charge in [0.2, 0.25) is 10.0 Å². The molecule has 1 saturated heterocycles. The first-order chi connectivity index (χ1) is 10.3. The van der Waals surface area contributed by atoms with Crippen LogP contribution in [0.15, 0.2) is 21.5 Å². The van der Waals surface area contributed by atoms with Gasteiger partial charge < -0.3 is 14.2 Å². The van der Waals surface area contributed by atoms with Crippen LogP contribution in [0.4, 0.5) is 0 Å². The lowest BCUT2D eigenvalue weighted by molar-refractivity contribution is -0.0441. The van der Waals surface area contributed by atoms with E-state index in [0.29, 0.717) is 29.1 Å². The van der Waals surface area contributed by atoms with Crippen LogP contribution in [0.25, 0.3) is 0 Å². The first kappa shape index (κ1) is 17.5. The van der Waals surface area contributed by atoms with E-state index in [1.807, 2.05) is 13.8 Å². The van der Waals surface area contributed by atoms with E-state index in [9.17, 15) is 8.42 Å². The number of benzene rings is 1. The van der Waals surface area contributed by atoms with Crippen molar-refractivity contribution in [2.24, 2.45) is 0 Å². The Hall–Kier alpha value is -0.830. The molecular weight excluding hydrogens is 374 g/mol. The SMILES string of the molecule is COc1cc(Br)c(S(=O)(=O)N2C[C@@H](C)O[C@H](C)C2)cc1OC. The van der Waals surface area contributed by atoms with Crippen LogP contribution in [-0.4, -0.2) is 52.2 Å². The largest absolute Gasteiger partial charge is 0.493 e. The Morgan fingerprint density at radius 2 is 1.64 bits per heavy atom. The molecule has 0 aromatic heterocycles. The lowest BCUT2D eigenvalue weighted by Crippen LogP contribution is -2.48. The molecule has 1 aliphatic rings. The van der Waals surface area contributed by atoms with Crippen LogP contribution in [0.2, 0.25) is 0 Å². The van der Waals surface area contributed by atoms with E-state index in [1.165, 1.54) is 24.6 Å². The molecule has 0 radical (unpaired) electrons. The van der Waals surface area contributed by atoms with Crippen LogP contribution in [0.3, 0.4) is 0 Å². The minimum Gasteiger partial charge on any atom is -0.493 e. The number of ether oxygens (including phenoxy) is 3. The minimum absolute atomic E-state index is 0.141. The summed E-state index contributed by atoms with van der Waals surface area (Å²) >= 11 is 3.31. The summed E-state index contributed by atoms with van der Waals surface area (Å²) in [4.78, 5) is 0.159. The van der Waals surface area contributed by atoms with E-state index in [2.05, 4.69) is 15.9 Å². The molecule has 0 unspecified atom stereocenters. The highest BCUT2D eigenvalue weighted by Crippen LogP contribution is 2.37.